The monoisotopic (exact) mass is 1470 g/mol. The van der Waals surface area contributed by atoms with Crippen molar-refractivity contribution < 1.29 is 96.7 Å². The predicted octanol–water partition coefficient (Wildman–Crippen LogP) is 13.8. The number of hydrogen-bond acceptors (Lipinski definition) is 13. The van der Waals surface area contributed by atoms with Gasteiger partial charge in [-0.3, -0.25) is 29.1 Å². The zero-order valence-electron chi connectivity index (χ0n) is 58.0. The van der Waals surface area contributed by atoms with Gasteiger partial charge in [0.2, 0.25) is 17.7 Å². The lowest BCUT2D eigenvalue weighted by Crippen LogP contribution is -2.47. The van der Waals surface area contributed by atoms with E-state index in [9.17, 15) is 68.3 Å². The fraction of sp³-hybridized carbons (Fsp3) is 0.351. The van der Waals surface area contributed by atoms with Crippen LogP contribution < -0.4 is 66.1 Å². The van der Waals surface area contributed by atoms with Crippen molar-refractivity contribution >= 4 is 86.8 Å². The number of nitrogens with zero attached hydrogens (tertiary/aromatic N) is 3. The highest BCUT2D eigenvalue weighted by molar-refractivity contribution is 6.09. The number of anilines is 6. The molecule has 6 aromatic rings. The van der Waals surface area contributed by atoms with Gasteiger partial charge in [0, 0.05) is 148 Å². The van der Waals surface area contributed by atoms with E-state index in [1.807, 2.05) is 26.0 Å². The van der Waals surface area contributed by atoms with Gasteiger partial charge in [0.05, 0.1) is 65.9 Å². The molecule has 556 valence electrons. The third-order valence-corrected chi connectivity index (χ3v) is 18.3. The molecule has 13 rings (SSSR count). The summed E-state index contributed by atoms with van der Waals surface area (Å²) < 4.78 is 153. The molecule has 7 N–H and O–H groups in total. The molecule has 105 heavy (non-hydrogen) atoms. The van der Waals surface area contributed by atoms with Crippen LogP contribution in [-0.4, -0.2) is 114 Å². The van der Waals surface area contributed by atoms with Crippen LogP contribution in [0.5, 0.6) is 17.2 Å². The molecule has 0 radical (unpaired) electrons. The van der Waals surface area contributed by atoms with Gasteiger partial charge in [-0.05, 0) is 118 Å². The van der Waals surface area contributed by atoms with Gasteiger partial charge in [-0.15, -0.1) is 0 Å². The lowest BCUT2D eigenvalue weighted by Gasteiger charge is -2.42. The number of carbonyl (C=O) groups excluding carboxylic acids is 6. The Hall–Kier alpha value is -10.8. The third kappa shape index (κ3) is 16.7. The van der Waals surface area contributed by atoms with Crippen molar-refractivity contribution in [2.45, 2.75) is 108 Å². The summed E-state index contributed by atoms with van der Waals surface area (Å²) in [6, 6.07) is 24.9. The standard InChI is InChI=1S/C26H28F3N3O5.C26H26F3N3O4.C22H21F3N4O3/c1-4-32-21-7-5-6-20(19(21)13-30-24(32)34)31-23(33)10-16-12-25(14-35-2,15-36-3)37-22-11-17(26(27,28)29)8-9-18(16)22;1-2-32-21-5-3-4-20(19(21)15-30-24(32)34)31-23(33)12-16-14-25(8-10-35-11-9-25)36-22-13-17(26(27,28)29)6-7-18(16)22;1-21(2)28-16(13-8-7-12(22(23,24)25)9-18(13)32-21)10-19(30)27-15-5-4-6-17-14(15)11-26-20(31)29(17)3/h5-11H,4,12-15H2,1-3H3,(H,30,34)(H,31,33);3-7,12-13H,2,8-11,14-15H2,1H3,(H,30,34)(H,31,33);4-10,28H,11H2,1-3H3,(H,26,31)(H,27,30)/b16-10+;16-12+;16-10-. The molecule has 7 aliphatic rings. The molecule has 22 nitrogen and oxygen atoms in total. The summed E-state index contributed by atoms with van der Waals surface area (Å²) in [5, 5.41) is 19.9. The highest BCUT2D eigenvalue weighted by Crippen LogP contribution is 2.49. The number of hydrogen-bond donors (Lipinski definition) is 7. The van der Waals surface area contributed by atoms with E-state index >= 15 is 0 Å². The lowest BCUT2D eigenvalue weighted by molar-refractivity contribution is -0.138. The molecule has 9 amide bonds. The second-order valence-electron chi connectivity index (χ2n) is 26.1. The lowest BCUT2D eigenvalue weighted by atomic mass is 9.81. The topological polar surface area (TPSA) is 252 Å². The Morgan fingerprint density at radius 3 is 1.37 bits per heavy atom. The minimum atomic E-state index is -4.56. The maximum absolute atomic E-state index is 13.4. The van der Waals surface area contributed by atoms with Gasteiger partial charge in [-0.2, -0.15) is 39.5 Å². The summed E-state index contributed by atoms with van der Waals surface area (Å²) in [4.78, 5) is 79.9. The van der Waals surface area contributed by atoms with Crippen LogP contribution in [-0.2, 0) is 66.8 Å². The van der Waals surface area contributed by atoms with E-state index in [1.54, 1.807) is 73.2 Å². The van der Waals surface area contributed by atoms with Crippen molar-refractivity contribution in [3.8, 4) is 17.2 Å². The molecular formula is C74H75F9N10O12. The Bertz CT molecular complexity index is 4490. The number of urea groups is 3. The number of carbonyl (C=O) groups is 6. The number of fused-ring (bicyclic) bond motifs is 6. The maximum atomic E-state index is 13.4. The summed E-state index contributed by atoms with van der Waals surface area (Å²) in [5.41, 5.74) is 3.25. The van der Waals surface area contributed by atoms with E-state index in [4.69, 9.17) is 28.4 Å². The Kier molecular flexibility index (Phi) is 21.6. The number of amides is 9. The first-order valence-electron chi connectivity index (χ1n) is 33.3. The molecule has 0 aliphatic carbocycles. The quantitative estimate of drug-likeness (QED) is 0.0445. The summed E-state index contributed by atoms with van der Waals surface area (Å²) in [7, 11) is 4.53. The van der Waals surface area contributed by atoms with Gasteiger partial charge >= 0.3 is 36.6 Å². The molecule has 0 unspecified atom stereocenters. The van der Waals surface area contributed by atoms with Crippen molar-refractivity contribution in [2.75, 3.05) is 91.4 Å². The molecular weight excluding hydrogens is 1390 g/mol. The van der Waals surface area contributed by atoms with Crippen LogP contribution in [0.25, 0.3) is 16.8 Å². The minimum absolute atomic E-state index is 0.00684. The number of methoxy groups -OCH3 is 2. The van der Waals surface area contributed by atoms with Crippen molar-refractivity contribution in [3.05, 3.63) is 177 Å². The van der Waals surface area contributed by atoms with Gasteiger partial charge in [0.1, 0.15) is 22.8 Å². The summed E-state index contributed by atoms with van der Waals surface area (Å²) >= 11 is 0. The zero-order chi connectivity index (χ0) is 75.6. The van der Waals surface area contributed by atoms with Crippen molar-refractivity contribution in [2.24, 2.45) is 0 Å². The second-order valence-corrected chi connectivity index (χ2v) is 26.1. The van der Waals surface area contributed by atoms with Crippen LogP contribution >= 0.6 is 0 Å². The zero-order valence-corrected chi connectivity index (χ0v) is 58.0. The summed E-state index contributed by atoms with van der Waals surface area (Å²) in [6.45, 7) is 9.66. The van der Waals surface area contributed by atoms with Gasteiger partial charge < -0.3 is 65.6 Å². The van der Waals surface area contributed by atoms with Crippen LogP contribution in [0.3, 0.4) is 0 Å². The molecule has 0 saturated carbocycles. The number of benzene rings is 6. The molecule has 6 aromatic carbocycles. The van der Waals surface area contributed by atoms with Crippen LogP contribution in [0.15, 0.2) is 127 Å². The van der Waals surface area contributed by atoms with Crippen LogP contribution in [0, 0.1) is 0 Å². The van der Waals surface area contributed by atoms with Crippen LogP contribution in [0.4, 0.5) is 88.0 Å². The van der Waals surface area contributed by atoms with Gasteiger partial charge in [0.15, 0.2) is 11.3 Å². The molecule has 0 atom stereocenters. The first-order valence-corrected chi connectivity index (χ1v) is 33.3. The second kappa shape index (κ2) is 30.1. The molecule has 1 spiro atoms. The number of halogens is 9. The van der Waals surface area contributed by atoms with Crippen molar-refractivity contribution in [1.29, 1.82) is 0 Å². The molecule has 0 bridgehead atoms. The smallest absolute Gasteiger partial charge is 0.416 e. The van der Waals surface area contributed by atoms with E-state index in [1.165, 1.54) is 55.5 Å². The normalized spacial score (nSPS) is 18.5. The average Bonchev–Trinajstić information content (AvgIpc) is 0.773. The number of ether oxygens (including phenoxy) is 6. The van der Waals surface area contributed by atoms with Gasteiger partial charge in [0.25, 0.3) is 0 Å². The maximum Gasteiger partial charge on any atom is 0.416 e. The molecule has 1 fully saturated rings. The van der Waals surface area contributed by atoms with E-state index in [-0.39, 0.29) is 74.6 Å². The van der Waals surface area contributed by atoms with E-state index in [2.05, 4.69) is 37.2 Å². The highest BCUT2D eigenvalue weighted by atomic mass is 19.4. The molecule has 1 saturated heterocycles. The van der Waals surface area contributed by atoms with E-state index in [0.717, 1.165) is 58.8 Å². The van der Waals surface area contributed by atoms with E-state index in [0.29, 0.717) is 108 Å². The first-order chi connectivity index (χ1) is 49.7. The Balaban J connectivity index is 0.000000158. The highest BCUT2D eigenvalue weighted by Gasteiger charge is 2.44. The Morgan fingerprint density at radius 1 is 0.524 bits per heavy atom. The van der Waals surface area contributed by atoms with Crippen LogP contribution in [0.2, 0.25) is 0 Å². The largest absolute Gasteiger partial charge is 0.486 e. The Morgan fingerprint density at radius 2 is 0.924 bits per heavy atom. The SMILES string of the molecule is CCN1C(=O)NCc2c(NC(=O)/C=C3\CC(COC)(COC)Oc4cc(C(F)(F)F)ccc43)cccc21.CCN1C(=O)NCc2c(NC(=O)/C=C3\CC4(CCOCC4)Oc4cc(C(F)(F)F)ccc43)cccc21.CN1C(=O)NCc2c(NC(=O)/C=C3\NC(C)(C)Oc4cc(C(F)(F)F)ccc43)cccc21. The fourth-order valence-electron chi connectivity index (χ4n) is 13.5. The van der Waals surface area contributed by atoms with Crippen molar-refractivity contribution in [1.82, 2.24) is 21.3 Å². The molecule has 0 aromatic heterocycles. The number of alkyl halides is 9. The molecule has 7 heterocycles. The summed E-state index contributed by atoms with van der Waals surface area (Å²) in [5.74, 6) is -1.22. The Labute approximate surface area is 597 Å². The summed E-state index contributed by atoms with van der Waals surface area (Å²) in [6.07, 6.45) is -7.92. The van der Waals surface area contributed by atoms with Gasteiger partial charge in [-0.25, -0.2) is 14.4 Å². The predicted molar refractivity (Wildman–Crippen MR) is 372 cm³/mol. The van der Waals surface area contributed by atoms with Crippen LogP contribution in [0.1, 0.15) is 103 Å². The third-order valence-electron chi connectivity index (χ3n) is 18.3. The minimum Gasteiger partial charge on any atom is -0.486 e. The van der Waals surface area contributed by atoms with Crippen molar-refractivity contribution in [3.63, 3.8) is 0 Å². The molecule has 31 heteroatoms. The van der Waals surface area contributed by atoms with E-state index < -0.39 is 69.9 Å². The van der Waals surface area contributed by atoms with Gasteiger partial charge in [-0.1, -0.05) is 30.3 Å². The number of nitrogens with one attached hydrogen (secondary N) is 7. The number of rotatable bonds is 12. The molecule has 7 aliphatic heterocycles. The average molecular weight is 1470 g/mol. The fourth-order valence-corrected chi connectivity index (χ4v) is 13.5. The first kappa shape index (κ1) is 75.4.